The van der Waals surface area contributed by atoms with Gasteiger partial charge in [0.05, 0.1) is 12.0 Å². The fourth-order valence-corrected chi connectivity index (χ4v) is 4.66. The summed E-state index contributed by atoms with van der Waals surface area (Å²) in [6.45, 7) is 2.59. The third kappa shape index (κ3) is 3.95. The van der Waals surface area contributed by atoms with Crippen molar-refractivity contribution >= 4 is 17.5 Å². The van der Waals surface area contributed by atoms with Crippen LogP contribution in [-0.4, -0.2) is 41.6 Å². The van der Waals surface area contributed by atoms with E-state index in [1.165, 1.54) is 23.4 Å². The largest absolute Gasteiger partial charge is 0.364 e. The number of hydrogen-bond donors (Lipinski definition) is 1. The maximum atomic E-state index is 13.5. The van der Waals surface area contributed by atoms with Gasteiger partial charge in [-0.1, -0.05) is 30.3 Å². The van der Waals surface area contributed by atoms with Crippen molar-refractivity contribution in [3.8, 4) is 0 Å². The number of nitrogens with zero attached hydrogens (tertiary/aromatic N) is 4. The summed E-state index contributed by atoms with van der Waals surface area (Å²) in [5.41, 5.74) is 3.15. The van der Waals surface area contributed by atoms with Crippen molar-refractivity contribution < 1.29 is 9.18 Å². The Morgan fingerprint density at radius 1 is 1.06 bits per heavy atom. The molecule has 0 aliphatic carbocycles. The summed E-state index contributed by atoms with van der Waals surface area (Å²) >= 11 is 0. The van der Waals surface area contributed by atoms with Gasteiger partial charge in [0.25, 0.3) is 0 Å². The smallest absolute Gasteiger partial charge is 0.225 e. The van der Waals surface area contributed by atoms with Gasteiger partial charge in [0.1, 0.15) is 5.82 Å². The van der Waals surface area contributed by atoms with Crippen LogP contribution in [0.15, 0.2) is 67.0 Å². The third-order valence-corrected chi connectivity index (χ3v) is 6.15. The van der Waals surface area contributed by atoms with E-state index >= 15 is 0 Å². The van der Waals surface area contributed by atoms with E-state index in [1.54, 1.807) is 24.5 Å². The molecule has 3 heterocycles. The Kier molecular flexibility index (Phi) is 5.24. The van der Waals surface area contributed by atoms with Gasteiger partial charge < -0.3 is 15.1 Å². The van der Waals surface area contributed by atoms with E-state index in [4.69, 9.17) is 0 Å². The van der Waals surface area contributed by atoms with Crippen molar-refractivity contribution in [2.45, 2.75) is 19.0 Å². The first kappa shape index (κ1) is 19.5. The summed E-state index contributed by atoms with van der Waals surface area (Å²) in [5.74, 6) is 0.176. The van der Waals surface area contributed by atoms with Gasteiger partial charge in [-0.25, -0.2) is 14.4 Å². The Labute approximate surface area is 180 Å². The number of hydrogen-bond acceptors (Lipinski definition) is 5. The molecule has 2 aliphatic rings. The zero-order chi connectivity index (χ0) is 21.2. The van der Waals surface area contributed by atoms with Crippen LogP contribution in [0.1, 0.15) is 11.1 Å². The Morgan fingerprint density at radius 2 is 1.90 bits per heavy atom. The second-order valence-corrected chi connectivity index (χ2v) is 8.04. The molecule has 1 saturated heterocycles. The number of rotatable bonds is 4. The highest BCUT2D eigenvalue weighted by Crippen LogP contribution is 2.36. The van der Waals surface area contributed by atoms with Crippen LogP contribution < -0.4 is 15.1 Å². The lowest BCUT2D eigenvalue weighted by molar-refractivity contribution is -0.126. The number of benzene rings is 2. The highest BCUT2D eigenvalue weighted by Gasteiger charge is 2.41. The van der Waals surface area contributed by atoms with Crippen LogP contribution in [0.25, 0.3) is 0 Å². The van der Waals surface area contributed by atoms with Crippen molar-refractivity contribution in [3.63, 3.8) is 0 Å². The number of aromatic nitrogens is 2. The summed E-state index contributed by atoms with van der Waals surface area (Å²) in [4.78, 5) is 26.6. The van der Waals surface area contributed by atoms with Crippen LogP contribution in [-0.2, 0) is 17.8 Å². The molecule has 2 atom stereocenters. The molecule has 0 radical (unpaired) electrons. The second kappa shape index (κ2) is 8.34. The average molecular weight is 417 g/mol. The summed E-state index contributed by atoms with van der Waals surface area (Å²) in [6.07, 6.45) is 4.16. The van der Waals surface area contributed by atoms with E-state index in [0.717, 1.165) is 18.7 Å². The quantitative estimate of drug-likeness (QED) is 0.707. The average Bonchev–Trinajstić information content (AvgIpc) is 2.82. The van der Waals surface area contributed by atoms with Crippen LogP contribution in [0.5, 0.6) is 0 Å². The van der Waals surface area contributed by atoms with Crippen LogP contribution in [0.2, 0.25) is 0 Å². The Balaban J connectivity index is 1.39. The predicted molar refractivity (Wildman–Crippen MR) is 117 cm³/mol. The number of carbonyl (C=O) groups excluding carboxylic acids is 1. The standard InChI is InChI=1S/C24H24FN5O/c25-19-7-3-5-17(13-19)15-28-23(31)20-14-18-6-1-2-8-21(18)30-12-11-29(16-22(20)30)24-26-9-4-10-27-24/h1-10,13,20,22H,11-12,14-16H2,(H,28,31)/t20-,22+/m0/s1. The number of amides is 1. The normalized spacial score (nSPS) is 20.0. The topological polar surface area (TPSA) is 61.4 Å². The van der Waals surface area contributed by atoms with Crippen LogP contribution in [0, 0.1) is 11.7 Å². The number of para-hydroxylation sites is 1. The Morgan fingerprint density at radius 3 is 2.74 bits per heavy atom. The molecule has 1 N–H and O–H groups in total. The summed E-state index contributed by atoms with van der Waals surface area (Å²) in [7, 11) is 0. The van der Waals surface area contributed by atoms with E-state index in [2.05, 4.69) is 37.2 Å². The zero-order valence-corrected chi connectivity index (χ0v) is 17.1. The molecular formula is C24H24FN5O. The van der Waals surface area contributed by atoms with Crippen molar-refractivity contribution in [3.05, 3.63) is 83.9 Å². The number of halogens is 1. The van der Waals surface area contributed by atoms with Crippen LogP contribution in [0.4, 0.5) is 16.0 Å². The molecule has 0 bridgehead atoms. The summed E-state index contributed by atoms with van der Waals surface area (Å²) in [5, 5.41) is 3.03. The predicted octanol–water partition coefficient (Wildman–Crippen LogP) is 2.80. The second-order valence-electron chi connectivity index (χ2n) is 8.04. The van der Waals surface area contributed by atoms with Crippen molar-refractivity contribution in [1.29, 1.82) is 0 Å². The van der Waals surface area contributed by atoms with Gasteiger partial charge in [0, 0.05) is 44.3 Å². The van der Waals surface area contributed by atoms with Gasteiger partial charge in [0.15, 0.2) is 0 Å². The molecule has 7 heteroatoms. The Hall–Kier alpha value is -3.48. The van der Waals surface area contributed by atoms with E-state index in [9.17, 15) is 9.18 Å². The molecule has 0 saturated carbocycles. The first-order valence-corrected chi connectivity index (χ1v) is 10.6. The molecule has 158 valence electrons. The molecule has 1 fully saturated rings. The SMILES string of the molecule is O=C(NCc1cccc(F)c1)[C@H]1Cc2ccccc2N2CCN(c3ncccn3)C[C@H]12. The molecule has 0 unspecified atom stereocenters. The number of fused-ring (bicyclic) bond motifs is 3. The minimum absolute atomic E-state index is 0.00963. The number of anilines is 2. The van der Waals surface area contributed by atoms with Crippen LogP contribution >= 0.6 is 0 Å². The minimum atomic E-state index is -0.296. The van der Waals surface area contributed by atoms with Crippen LogP contribution in [0.3, 0.4) is 0 Å². The molecule has 0 spiro atoms. The van der Waals surface area contributed by atoms with E-state index in [-0.39, 0.29) is 23.7 Å². The lowest BCUT2D eigenvalue weighted by Gasteiger charge is -2.49. The molecule has 2 aliphatic heterocycles. The molecule has 6 nitrogen and oxygen atoms in total. The maximum absolute atomic E-state index is 13.5. The Bertz CT molecular complexity index is 1080. The van der Waals surface area contributed by atoms with Gasteiger partial charge in [-0.05, 0) is 41.8 Å². The zero-order valence-electron chi connectivity index (χ0n) is 17.1. The third-order valence-electron chi connectivity index (χ3n) is 6.15. The highest BCUT2D eigenvalue weighted by atomic mass is 19.1. The molecule has 1 amide bonds. The number of piperazine rings is 1. The molecule has 3 aromatic rings. The first-order chi connectivity index (χ1) is 15.2. The van der Waals surface area contributed by atoms with E-state index in [1.807, 2.05) is 18.2 Å². The van der Waals surface area contributed by atoms with Crippen molar-refractivity contribution in [1.82, 2.24) is 15.3 Å². The first-order valence-electron chi connectivity index (χ1n) is 10.6. The van der Waals surface area contributed by atoms with Gasteiger partial charge in [-0.3, -0.25) is 4.79 Å². The van der Waals surface area contributed by atoms with Crippen molar-refractivity contribution in [2.24, 2.45) is 5.92 Å². The van der Waals surface area contributed by atoms with Gasteiger partial charge in [-0.15, -0.1) is 0 Å². The minimum Gasteiger partial charge on any atom is -0.364 e. The molecule has 31 heavy (non-hydrogen) atoms. The molecule has 1 aromatic heterocycles. The number of carbonyl (C=O) groups is 1. The maximum Gasteiger partial charge on any atom is 0.225 e. The highest BCUT2D eigenvalue weighted by molar-refractivity contribution is 5.82. The van der Waals surface area contributed by atoms with E-state index in [0.29, 0.717) is 25.5 Å². The van der Waals surface area contributed by atoms with Gasteiger partial charge in [0.2, 0.25) is 11.9 Å². The number of nitrogens with one attached hydrogen (secondary N) is 1. The molecular weight excluding hydrogens is 393 g/mol. The fourth-order valence-electron chi connectivity index (χ4n) is 4.66. The summed E-state index contributed by atoms with van der Waals surface area (Å²) < 4.78 is 13.5. The lowest BCUT2D eigenvalue weighted by Crippen LogP contribution is -2.61. The van der Waals surface area contributed by atoms with E-state index < -0.39 is 0 Å². The van der Waals surface area contributed by atoms with Gasteiger partial charge in [-0.2, -0.15) is 0 Å². The molecule has 5 rings (SSSR count). The fraction of sp³-hybridized carbons (Fsp3) is 0.292. The lowest BCUT2D eigenvalue weighted by atomic mass is 9.83. The van der Waals surface area contributed by atoms with Crippen molar-refractivity contribution in [2.75, 3.05) is 29.4 Å². The molecule has 2 aromatic carbocycles. The van der Waals surface area contributed by atoms with Gasteiger partial charge >= 0.3 is 0 Å². The summed E-state index contributed by atoms with van der Waals surface area (Å²) in [6, 6.07) is 16.5. The monoisotopic (exact) mass is 417 g/mol.